The second-order valence-corrected chi connectivity index (χ2v) is 1.83. The third-order valence-corrected chi connectivity index (χ3v) is 0.968. The summed E-state index contributed by atoms with van der Waals surface area (Å²) in [4.78, 5) is 0. The second-order valence-electron chi connectivity index (χ2n) is 1.83. The molecule has 13 heavy (non-hydrogen) atoms. The first-order valence-electron chi connectivity index (χ1n) is 3.42. The van der Waals surface area contributed by atoms with E-state index in [1.807, 2.05) is 0 Å². The van der Waals surface area contributed by atoms with Gasteiger partial charge in [0.1, 0.15) is 5.75 Å². The molecule has 0 fully saturated rings. The molecule has 0 amide bonds. The van der Waals surface area contributed by atoms with Gasteiger partial charge in [-0.1, -0.05) is 18.2 Å². The molecule has 2 N–H and O–H groups in total. The molecule has 0 aliphatic heterocycles. The third-order valence-electron chi connectivity index (χ3n) is 0.968. The first-order chi connectivity index (χ1) is 6.20. The Morgan fingerprint density at radius 1 is 1.15 bits per heavy atom. The van der Waals surface area contributed by atoms with Gasteiger partial charge in [0.25, 0.3) is 0 Å². The smallest absolute Gasteiger partial charge is 0.432 e. The van der Waals surface area contributed by atoms with Gasteiger partial charge in [0.15, 0.2) is 0 Å². The van der Waals surface area contributed by atoms with Crippen molar-refractivity contribution in [3.8, 4) is 5.75 Å². The number of hydrogen-bond acceptors (Lipinski definition) is 3. The van der Waals surface area contributed by atoms with Gasteiger partial charge < -0.3 is 14.8 Å². The molecule has 1 aromatic rings. The summed E-state index contributed by atoms with van der Waals surface area (Å²) in [5.74, 6) is 0.192. The van der Waals surface area contributed by atoms with Crippen LogP contribution in [-0.4, -0.2) is 24.3 Å². The van der Waals surface area contributed by atoms with Gasteiger partial charge in [0.2, 0.25) is 0 Å². The summed E-state index contributed by atoms with van der Waals surface area (Å²) in [7, 11) is -0.750. The molecule has 0 aliphatic carbocycles. The van der Waals surface area contributed by atoms with Crippen molar-refractivity contribution >= 4 is 7.69 Å². The largest absolute Gasteiger partial charge is 0.435 e. The number of hydrogen-bond donors (Lipinski definition) is 2. The lowest BCUT2D eigenvalue weighted by atomic mass is 10.3. The Balaban J connectivity index is 0.000000424. The number of para-hydroxylation sites is 1. The zero-order valence-electron chi connectivity index (χ0n) is 6.73. The highest BCUT2D eigenvalue weighted by molar-refractivity contribution is 6.13. The normalized spacial score (nSPS) is 8.69. The Bertz CT molecular complexity index is 208. The maximum absolute atomic E-state index is 11.5. The molecule has 0 bridgehead atoms. The lowest BCUT2D eigenvalue weighted by Crippen LogP contribution is -2.00. The van der Waals surface area contributed by atoms with Gasteiger partial charge >= 0.3 is 14.3 Å². The van der Waals surface area contributed by atoms with Crippen LogP contribution in [0.15, 0.2) is 30.3 Å². The highest BCUT2D eigenvalue weighted by atomic mass is 19.3. The minimum atomic E-state index is -2.73. The van der Waals surface area contributed by atoms with Crippen molar-refractivity contribution in [2.24, 2.45) is 0 Å². The molecular formula is C7H9BF2O3. The highest BCUT2D eigenvalue weighted by Crippen LogP contribution is 2.11. The summed E-state index contributed by atoms with van der Waals surface area (Å²) in [5, 5.41) is 14.2. The molecule has 0 saturated heterocycles. The SMILES string of the molecule is FC(F)Oc1ccccc1.OBO. The summed E-state index contributed by atoms with van der Waals surface area (Å²) in [6.45, 7) is -2.73. The molecule has 0 saturated carbocycles. The highest BCUT2D eigenvalue weighted by Gasteiger charge is 2.01. The van der Waals surface area contributed by atoms with E-state index in [9.17, 15) is 8.78 Å². The lowest BCUT2D eigenvalue weighted by Gasteiger charge is -2.01. The Kier molecular flexibility index (Phi) is 6.85. The van der Waals surface area contributed by atoms with Gasteiger partial charge in [0, 0.05) is 0 Å². The van der Waals surface area contributed by atoms with Crippen LogP contribution in [0.4, 0.5) is 8.78 Å². The Morgan fingerprint density at radius 3 is 2.00 bits per heavy atom. The number of rotatable bonds is 2. The van der Waals surface area contributed by atoms with Crippen molar-refractivity contribution in [2.75, 3.05) is 0 Å². The summed E-state index contributed by atoms with van der Waals surface area (Å²) >= 11 is 0. The van der Waals surface area contributed by atoms with Crippen LogP contribution < -0.4 is 4.74 Å². The van der Waals surface area contributed by atoms with Crippen molar-refractivity contribution in [2.45, 2.75) is 6.61 Å². The van der Waals surface area contributed by atoms with Crippen molar-refractivity contribution < 1.29 is 23.6 Å². The summed E-state index contributed by atoms with van der Waals surface area (Å²) in [6.07, 6.45) is 0. The van der Waals surface area contributed by atoms with Gasteiger partial charge in [-0.3, -0.25) is 0 Å². The Hall–Kier alpha value is -1.14. The van der Waals surface area contributed by atoms with Gasteiger partial charge in [-0.2, -0.15) is 8.78 Å². The van der Waals surface area contributed by atoms with E-state index in [1.165, 1.54) is 12.1 Å². The van der Waals surface area contributed by atoms with E-state index >= 15 is 0 Å². The fraction of sp³-hybridized carbons (Fsp3) is 0.143. The number of ether oxygens (including phenoxy) is 1. The van der Waals surface area contributed by atoms with Gasteiger partial charge in [-0.25, -0.2) is 0 Å². The third kappa shape index (κ3) is 7.23. The van der Waals surface area contributed by atoms with Crippen molar-refractivity contribution in [3.05, 3.63) is 30.3 Å². The van der Waals surface area contributed by atoms with Crippen LogP contribution in [0.1, 0.15) is 0 Å². The standard InChI is InChI=1S/C7H6F2O.BH3O2/c8-7(9)10-6-4-2-1-3-5-6;2-1-3/h1-5,7H;1-3H. The first-order valence-corrected chi connectivity index (χ1v) is 3.42. The molecule has 0 unspecified atom stereocenters. The Labute approximate surface area is 74.9 Å². The van der Waals surface area contributed by atoms with E-state index in [0.717, 1.165) is 0 Å². The van der Waals surface area contributed by atoms with E-state index in [0.29, 0.717) is 0 Å². The molecular weight excluding hydrogens is 181 g/mol. The van der Waals surface area contributed by atoms with Crippen LogP contribution in [0.3, 0.4) is 0 Å². The number of benzene rings is 1. The van der Waals surface area contributed by atoms with E-state index in [1.54, 1.807) is 18.2 Å². The molecule has 0 heterocycles. The average Bonchev–Trinajstić information content (AvgIpc) is 2.06. The van der Waals surface area contributed by atoms with Crippen molar-refractivity contribution in [1.82, 2.24) is 0 Å². The topological polar surface area (TPSA) is 49.7 Å². The molecule has 0 aromatic heterocycles. The summed E-state index contributed by atoms with van der Waals surface area (Å²) in [6, 6.07) is 7.96. The average molecular weight is 190 g/mol. The molecule has 1 aromatic carbocycles. The van der Waals surface area contributed by atoms with Gasteiger partial charge in [-0.05, 0) is 12.1 Å². The van der Waals surface area contributed by atoms with Crippen LogP contribution in [-0.2, 0) is 0 Å². The van der Waals surface area contributed by atoms with E-state index < -0.39 is 14.3 Å². The van der Waals surface area contributed by atoms with Crippen LogP contribution in [0.25, 0.3) is 0 Å². The molecule has 3 nitrogen and oxygen atoms in total. The molecule has 1 rings (SSSR count). The summed E-state index contributed by atoms with van der Waals surface area (Å²) < 4.78 is 27.1. The number of halogens is 2. The monoisotopic (exact) mass is 190 g/mol. The molecule has 0 spiro atoms. The van der Waals surface area contributed by atoms with Crippen LogP contribution >= 0.6 is 0 Å². The second kappa shape index (κ2) is 7.51. The van der Waals surface area contributed by atoms with Crippen molar-refractivity contribution in [3.63, 3.8) is 0 Å². The predicted octanol–water partition coefficient (Wildman–Crippen LogP) is 0.525. The fourth-order valence-corrected chi connectivity index (χ4v) is 0.602. The molecule has 0 radical (unpaired) electrons. The van der Waals surface area contributed by atoms with Crippen LogP contribution in [0, 0.1) is 0 Å². The number of alkyl halides is 2. The van der Waals surface area contributed by atoms with Gasteiger partial charge in [0.05, 0.1) is 0 Å². The predicted molar refractivity (Wildman–Crippen MR) is 44.7 cm³/mol. The molecule has 0 aliphatic rings. The zero-order chi connectivity index (χ0) is 10.1. The zero-order valence-corrected chi connectivity index (χ0v) is 6.73. The lowest BCUT2D eigenvalue weighted by molar-refractivity contribution is -0.0498. The van der Waals surface area contributed by atoms with Crippen LogP contribution in [0.2, 0.25) is 0 Å². The molecule has 0 atom stereocenters. The minimum absolute atomic E-state index is 0.192. The fourth-order valence-electron chi connectivity index (χ4n) is 0.602. The first kappa shape index (κ1) is 11.9. The maximum atomic E-state index is 11.5. The maximum Gasteiger partial charge on any atom is 0.432 e. The Morgan fingerprint density at radius 2 is 1.62 bits per heavy atom. The van der Waals surface area contributed by atoms with E-state index in [4.69, 9.17) is 10.0 Å². The quantitative estimate of drug-likeness (QED) is 0.668. The molecule has 72 valence electrons. The minimum Gasteiger partial charge on any atom is -0.435 e. The van der Waals surface area contributed by atoms with E-state index in [-0.39, 0.29) is 5.75 Å². The van der Waals surface area contributed by atoms with Crippen molar-refractivity contribution in [1.29, 1.82) is 0 Å². The molecule has 6 heteroatoms. The summed E-state index contributed by atoms with van der Waals surface area (Å²) in [5.41, 5.74) is 0. The van der Waals surface area contributed by atoms with Crippen LogP contribution in [0.5, 0.6) is 5.75 Å². The van der Waals surface area contributed by atoms with Gasteiger partial charge in [-0.15, -0.1) is 0 Å². The van der Waals surface area contributed by atoms with E-state index in [2.05, 4.69) is 4.74 Å².